The van der Waals surface area contributed by atoms with Gasteiger partial charge in [0.1, 0.15) is 0 Å². The van der Waals surface area contributed by atoms with Crippen molar-refractivity contribution in [1.82, 2.24) is 5.32 Å². The smallest absolute Gasteiger partial charge is 0.161 e. The van der Waals surface area contributed by atoms with Crippen LogP contribution >= 0.6 is 0 Å². The highest BCUT2D eigenvalue weighted by Gasteiger charge is 2.20. The normalized spacial score (nSPS) is 23.9. The number of nitrogens with one attached hydrogen (secondary N) is 1. The number of rotatable bonds is 3. The lowest BCUT2D eigenvalue weighted by Crippen LogP contribution is -2.17. The highest BCUT2D eigenvalue weighted by Crippen LogP contribution is 2.33. The molecule has 0 amide bonds. The lowest BCUT2D eigenvalue weighted by Gasteiger charge is -2.17. The van der Waals surface area contributed by atoms with Crippen molar-refractivity contribution in [3.63, 3.8) is 0 Å². The summed E-state index contributed by atoms with van der Waals surface area (Å²) in [6.07, 6.45) is 3.20. The van der Waals surface area contributed by atoms with Gasteiger partial charge in [0, 0.05) is 12.5 Å². The van der Waals surface area contributed by atoms with Crippen LogP contribution in [0.1, 0.15) is 30.9 Å². The van der Waals surface area contributed by atoms with E-state index in [9.17, 15) is 0 Å². The van der Waals surface area contributed by atoms with Crippen LogP contribution in [0.15, 0.2) is 18.2 Å². The molecule has 0 bridgehead atoms. The van der Waals surface area contributed by atoms with Crippen LogP contribution in [0.2, 0.25) is 0 Å². The maximum absolute atomic E-state index is 6.32. The Hall–Kier alpha value is -1.26. The summed E-state index contributed by atoms with van der Waals surface area (Å²) in [7, 11) is 0. The number of benzene rings is 1. The van der Waals surface area contributed by atoms with Gasteiger partial charge >= 0.3 is 0 Å². The zero-order valence-corrected chi connectivity index (χ0v) is 11.2. The van der Waals surface area contributed by atoms with Crippen molar-refractivity contribution >= 4 is 0 Å². The molecule has 0 aliphatic carbocycles. The standard InChI is InChI=1S/C15H22N2O2/c16-13(8-11-4-5-17-10-11)12-2-3-14-15(9-12)19-7-1-6-18-14/h2-3,9,11,13,17H,1,4-8,10,16H2. The third-order valence-corrected chi connectivity index (χ3v) is 3.95. The van der Waals surface area contributed by atoms with Crippen molar-refractivity contribution in [2.75, 3.05) is 26.3 Å². The van der Waals surface area contributed by atoms with Gasteiger partial charge in [0.2, 0.25) is 0 Å². The number of hydrogen-bond donors (Lipinski definition) is 2. The number of fused-ring (bicyclic) bond motifs is 1. The average Bonchev–Trinajstić information content (AvgIpc) is 2.81. The Kier molecular flexibility index (Phi) is 3.89. The zero-order valence-electron chi connectivity index (χ0n) is 11.2. The summed E-state index contributed by atoms with van der Waals surface area (Å²) >= 11 is 0. The Labute approximate surface area is 114 Å². The Morgan fingerprint density at radius 1 is 1.26 bits per heavy atom. The van der Waals surface area contributed by atoms with Gasteiger partial charge in [0.25, 0.3) is 0 Å². The van der Waals surface area contributed by atoms with Crippen molar-refractivity contribution in [3.05, 3.63) is 23.8 Å². The molecule has 0 radical (unpaired) electrons. The first-order valence-corrected chi connectivity index (χ1v) is 7.19. The molecule has 19 heavy (non-hydrogen) atoms. The van der Waals surface area contributed by atoms with Crippen LogP contribution < -0.4 is 20.5 Å². The lowest BCUT2D eigenvalue weighted by molar-refractivity contribution is 0.297. The van der Waals surface area contributed by atoms with Gasteiger partial charge < -0.3 is 20.5 Å². The molecular formula is C15H22N2O2. The Bertz CT molecular complexity index is 430. The predicted molar refractivity (Wildman–Crippen MR) is 74.6 cm³/mol. The van der Waals surface area contributed by atoms with Crippen LogP contribution in [0.5, 0.6) is 11.5 Å². The highest BCUT2D eigenvalue weighted by molar-refractivity contribution is 5.44. The number of ether oxygens (including phenoxy) is 2. The highest BCUT2D eigenvalue weighted by atomic mass is 16.5. The van der Waals surface area contributed by atoms with E-state index < -0.39 is 0 Å². The summed E-state index contributed by atoms with van der Waals surface area (Å²) in [6, 6.07) is 6.19. The van der Waals surface area contributed by atoms with E-state index in [-0.39, 0.29) is 6.04 Å². The van der Waals surface area contributed by atoms with Gasteiger partial charge in [0.05, 0.1) is 13.2 Å². The molecule has 1 aromatic carbocycles. The van der Waals surface area contributed by atoms with Gasteiger partial charge in [-0.3, -0.25) is 0 Å². The maximum atomic E-state index is 6.32. The number of nitrogens with two attached hydrogens (primary N) is 1. The predicted octanol–water partition coefficient (Wildman–Crippen LogP) is 1.85. The lowest BCUT2D eigenvalue weighted by atomic mass is 9.94. The van der Waals surface area contributed by atoms with Crippen molar-refractivity contribution in [2.24, 2.45) is 11.7 Å². The second-order valence-electron chi connectivity index (χ2n) is 5.46. The molecule has 0 spiro atoms. The second-order valence-corrected chi connectivity index (χ2v) is 5.46. The Balaban J connectivity index is 1.71. The Morgan fingerprint density at radius 2 is 2.11 bits per heavy atom. The molecule has 104 valence electrons. The minimum absolute atomic E-state index is 0.0852. The first-order chi connectivity index (χ1) is 9.33. The van der Waals surface area contributed by atoms with Gasteiger partial charge in [-0.25, -0.2) is 0 Å². The van der Waals surface area contributed by atoms with Gasteiger partial charge in [-0.1, -0.05) is 6.07 Å². The fourth-order valence-corrected chi connectivity index (χ4v) is 2.82. The number of hydrogen-bond acceptors (Lipinski definition) is 4. The molecule has 2 aliphatic rings. The van der Waals surface area contributed by atoms with E-state index in [4.69, 9.17) is 15.2 Å². The molecular weight excluding hydrogens is 240 g/mol. The monoisotopic (exact) mass is 262 g/mol. The SMILES string of the molecule is NC(CC1CCNC1)c1ccc2c(c1)OCCCO2. The molecule has 4 heteroatoms. The van der Waals surface area contributed by atoms with Crippen LogP contribution in [0.25, 0.3) is 0 Å². The van der Waals surface area contributed by atoms with Crippen LogP contribution in [0.3, 0.4) is 0 Å². The third-order valence-electron chi connectivity index (χ3n) is 3.95. The van der Waals surface area contributed by atoms with E-state index in [1.165, 1.54) is 6.42 Å². The van der Waals surface area contributed by atoms with Gasteiger partial charge in [-0.15, -0.1) is 0 Å². The minimum atomic E-state index is 0.0852. The zero-order chi connectivity index (χ0) is 13.1. The first kappa shape index (κ1) is 12.8. The fourth-order valence-electron chi connectivity index (χ4n) is 2.82. The fraction of sp³-hybridized carbons (Fsp3) is 0.600. The van der Waals surface area contributed by atoms with Crippen LogP contribution in [0, 0.1) is 5.92 Å². The first-order valence-electron chi connectivity index (χ1n) is 7.19. The second kappa shape index (κ2) is 5.80. The third kappa shape index (κ3) is 3.01. The van der Waals surface area contributed by atoms with E-state index >= 15 is 0 Å². The molecule has 3 rings (SSSR count). The molecule has 2 heterocycles. The van der Waals surface area contributed by atoms with Crippen LogP contribution in [-0.4, -0.2) is 26.3 Å². The summed E-state index contributed by atoms with van der Waals surface area (Å²) in [5.41, 5.74) is 7.47. The van der Waals surface area contributed by atoms with E-state index in [0.717, 1.165) is 56.2 Å². The van der Waals surface area contributed by atoms with E-state index in [2.05, 4.69) is 11.4 Å². The average molecular weight is 262 g/mol. The molecule has 1 fully saturated rings. The molecule has 1 saturated heterocycles. The van der Waals surface area contributed by atoms with Gasteiger partial charge in [0.15, 0.2) is 11.5 Å². The van der Waals surface area contributed by atoms with Gasteiger partial charge in [-0.05, 0) is 49.5 Å². The molecule has 2 unspecified atom stereocenters. The van der Waals surface area contributed by atoms with Crippen LogP contribution in [0.4, 0.5) is 0 Å². The Morgan fingerprint density at radius 3 is 2.89 bits per heavy atom. The van der Waals surface area contributed by atoms with Crippen molar-refractivity contribution in [2.45, 2.75) is 25.3 Å². The summed E-state index contributed by atoms with van der Waals surface area (Å²) in [4.78, 5) is 0. The van der Waals surface area contributed by atoms with E-state index in [0.29, 0.717) is 5.92 Å². The summed E-state index contributed by atoms with van der Waals surface area (Å²) in [5, 5.41) is 3.39. The molecule has 4 nitrogen and oxygen atoms in total. The van der Waals surface area contributed by atoms with E-state index in [1.54, 1.807) is 0 Å². The maximum Gasteiger partial charge on any atom is 0.161 e. The van der Waals surface area contributed by atoms with Gasteiger partial charge in [-0.2, -0.15) is 0 Å². The summed E-state index contributed by atoms with van der Waals surface area (Å²) in [5.74, 6) is 2.39. The molecule has 2 atom stereocenters. The van der Waals surface area contributed by atoms with Crippen molar-refractivity contribution < 1.29 is 9.47 Å². The minimum Gasteiger partial charge on any atom is -0.490 e. The molecule has 2 aliphatic heterocycles. The quantitative estimate of drug-likeness (QED) is 0.873. The molecule has 1 aromatic rings. The molecule has 0 saturated carbocycles. The van der Waals surface area contributed by atoms with Crippen molar-refractivity contribution in [3.8, 4) is 11.5 Å². The van der Waals surface area contributed by atoms with Crippen molar-refractivity contribution in [1.29, 1.82) is 0 Å². The molecule has 3 N–H and O–H groups in total. The largest absolute Gasteiger partial charge is 0.490 e. The van der Waals surface area contributed by atoms with E-state index in [1.807, 2.05) is 12.1 Å². The summed E-state index contributed by atoms with van der Waals surface area (Å²) < 4.78 is 11.4. The molecule has 0 aromatic heterocycles. The van der Waals surface area contributed by atoms with Crippen LogP contribution in [-0.2, 0) is 0 Å². The summed E-state index contributed by atoms with van der Waals surface area (Å²) in [6.45, 7) is 3.67. The topological polar surface area (TPSA) is 56.5 Å².